The second kappa shape index (κ2) is 8.34. The number of nitrogens with zero attached hydrogens (tertiary/aromatic N) is 1. The summed E-state index contributed by atoms with van der Waals surface area (Å²) in [5.41, 5.74) is 6.42. The number of amides is 1. The van der Waals surface area contributed by atoms with Crippen LogP contribution in [0.15, 0.2) is 42.5 Å². The summed E-state index contributed by atoms with van der Waals surface area (Å²) < 4.78 is 13.0. The number of halogens is 4. The molecule has 2 aromatic rings. The Bertz CT molecular complexity index is 650. The Morgan fingerprint density at radius 3 is 2.32 bits per heavy atom. The molecule has 2 N–H and O–H groups in total. The molecule has 0 unspecified atom stereocenters. The maximum Gasteiger partial charge on any atom is 0.259 e. The first-order valence-corrected chi connectivity index (χ1v) is 7.01. The molecule has 2 rings (SSSR count). The van der Waals surface area contributed by atoms with E-state index in [1.807, 2.05) is 0 Å². The number of nitrogens with two attached hydrogens (primary N) is 1. The quantitative estimate of drug-likeness (QED) is 0.886. The third-order valence-electron chi connectivity index (χ3n) is 2.90. The zero-order valence-electron chi connectivity index (χ0n) is 11.4. The van der Waals surface area contributed by atoms with Gasteiger partial charge in [0.1, 0.15) is 5.82 Å². The first-order chi connectivity index (χ1) is 10.0. The number of benzene rings is 2. The van der Waals surface area contributed by atoms with Gasteiger partial charge in [-0.05, 0) is 42.5 Å². The van der Waals surface area contributed by atoms with Crippen LogP contribution in [0.4, 0.5) is 10.1 Å². The highest BCUT2D eigenvalue weighted by molar-refractivity contribution is 6.37. The summed E-state index contributed by atoms with van der Waals surface area (Å²) >= 11 is 11.9. The van der Waals surface area contributed by atoms with Gasteiger partial charge in [-0.15, -0.1) is 12.4 Å². The Morgan fingerprint density at radius 1 is 1.14 bits per heavy atom. The molecule has 1 amide bonds. The van der Waals surface area contributed by atoms with Crippen molar-refractivity contribution in [3.8, 4) is 0 Å². The predicted molar refractivity (Wildman–Crippen MR) is 90.8 cm³/mol. The van der Waals surface area contributed by atoms with Crippen LogP contribution in [0.25, 0.3) is 0 Å². The van der Waals surface area contributed by atoms with Gasteiger partial charge < -0.3 is 10.6 Å². The molecule has 0 heterocycles. The van der Waals surface area contributed by atoms with Crippen LogP contribution in [-0.4, -0.2) is 19.0 Å². The van der Waals surface area contributed by atoms with E-state index >= 15 is 0 Å². The van der Waals surface area contributed by atoms with E-state index < -0.39 is 0 Å². The van der Waals surface area contributed by atoms with Crippen LogP contribution in [0.3, 0.4) is 0 Å². The highest BCUT2D eigenvalue weighted by Crippen LogP contribution is 2.24. The van der Waals surface area contributed by atoms with Gasteiger partial charge in [-0.3, -0.25) is 4.79 Å². The summed E-state index contributed by atoms with van der Waals surface area (Å²) in [7, 11) is 0. The lowest BCUT2D eigenvalue weighted by Gasteiger charge is -2.22. The molecule has 0 fully saturated rings. The maximum absolute atomic E-state index is 13.0. The number of carbonyl (C=O) groups excluding carboxylic acids is 1. The van der Waals surface area contributed by atoms with Crippen molar-refractivity contribution < 1.29 is 9.18 Å². The van der Waals surface area contributed by atoms with Crippen LogP contribution in [0.1, 0.15) is 10.4 Å². The fourth-order valence-electron chi connectivity index (χ4n) is 1.91. The molecule has 0 radical (unpaired) electrons. The molecular formula is C15H14Cl3FN2O. The van der Waals surface area contributed by atoms with Gasteiger partial charge in [-0.2, -0.15) is 0 Å². The van der Waals surface area contributed by atoms with E-state index in [2.05, 4.69) is 0 Å². The van der Waals surface area contributed by atoms with Gasteiger partial charge >= 0.3 is 0 Å². The van der Waals surface area contributed by atoms with Crippen molar-refractivity contribution in [1.82, 2.24) is 0 Å². The van der Waals surface area contributed by atoms with E-state index in [1.54, 1.807) is 12.1 Å². The van der Waals surface area contributed by atoms with Crippen LogP contribution in [-0.2, 0) is 0 Å². The van der Waals surface area contributed by atoms with Crippen LogP contribution in [0.2, 0.25) is 10.0 Å². The van der Waals surface area contributed by atoms with E-state index in [0.29, 0.717) is 22.8 Å². The second-order valence-corrected chi connectivity index (χ2v) is 5.19. The molecule has 0 aliphatic rings. The number of hydrogen-bond acceptors (Lipinski definition) is 2. The van der Waals surface area contributed by atoms with Gasteiger partial charge in [-0.25, -0.2) is 4.39 Å². The van der Waals surface area contributed by atoms with E-state index in [1.165, 1.54) is 35.2 Å². The first kappa shape index (κ1) is 18.7. The molecule has 0 bridgehead atoms. The summed E-state index contributed by atoms with van der Waals surface area (Å²) in [5, 5.41) is 0.709. The largest absolute Gasteiger partial charge is 0.329 e. The van der Waals surface area contributed by atoms with Gasteiger partial charge in [-0.1, -0.05) is 23.2 Å². The minimum Gasteiger partial charge on any atom is -0.329 e. The van der Waals surface area contributed by atoms with Crippen LogP contribution < -0.4 is 10.6 Å². The maximum atomic E-state index is 13.0. The van der Waals surface area contributed by atoms with E-state index in [-0.39, 0.29) is 35.7 Å². The number of hydrogen-bond donors (Lipinski definition) is 1. The summed E-state index contributed by atoms with van der Waals surface area (Å²) in [6.45, 7) is 0.567. The van der Waals surface area contributed by atoms with Crippen molar-refractivity contribution in [3.05, 3.63) is 63.9 Å². The van der Waals surface area contributed by atoms with E-state index in [4.69, 9.17) is 28.9 Å². The van der Waals surface area contributed by atoms with Gasteiger partial charge in [0.05, 0.1) is 10.6 Å². The molecule has 22 heavy (non-hydrogen) atoms. The molecule has 0 aliphatic carbocycles. The normalized spacial score (nSPS) is 10.0. The smallest absolute Gasteiger partial charge is 0.259 e. The lowest BCUT2D eigenvalue weighted by atomic mass is 10.1. The predicted octanol–water partition coefficient (Wildman–Crippen LogP) is 4.16. The zero-order valence-corrected chi connectivity index (χ0v) is 13.8. The van der Waals surface area contributed by atoms with Crippen LogP contribution >= 0.6 is 35.6 Å². The van der Waals surface area contributed by atoms with Gasteiger partial charge in [0, 0.05) is 23.8 Å². The third-order valence-corrected chi connectivity index (χ3v) is 3.45. The minimum atomic E-state index is -0.372. The highest BCUT2D eigenvalue weighted by Gasteiger charge is 2.19. The third kappa shape index (κ3) is 4.34. The van der Waals surface area contributed by atoms with Crippen LogP contribution in [0, 0.1) is 5.82 Å². The van der Waals surface area contributed by atoms with E-state index in [0.717, 1.165) is 0 Å². The molecule has 7 heteroatoms. The minimum absolute atomic E-state index is 0. The van der Waals surface area contributed by atoms with Crippen molar-refractivity contribution in [2.24, 2.45) is 5.73 Å². The van der Waals surface area contributed by atoms with Crippen molar-refractivity contribution in [2.45, 2.75) is 0 Å². The average Bonchev–Trinajstić information content (AvgIpc) is 2.45. The number of anilines is 1. The molecule has 0 aromatic heterocycles. The Kier molecular flexibility index (Phi) is 7.10. The molecule has 3 nitrogen and oxygen atoms in total. The summed E-state index contributed by atoms with van der Waals surface area (Å²) in [4.78, 5) is 14.1. The average molecular weight is 364 g/mol. The van der Waals surface area contributed by atoms with Gasteiger partial charge in [0.2, 0.25) is 0 Å². The van der Waals surface area contributed by atoms with E-state index in [9.17, 15) is 9.18 Å². The lowest BCUT2D eigenvalue weighted by molar-refractivity contribution is 0.0987. The molecule has 0 saturated heterocycles. The molecule has 0 saturated carbocycles. The Morgan fingerprint density at radius 2 is 1.77 bits per heavy atom. The SMILES string of the molecule is Cl.NCCN(C(=O)c1ccc(Cl)cc1Cl)c1ccc(F)cc1. The summed E-state index contributed by atoms with van der Waals surface area (Å²) in [6.07, 6.45) is 0. The lowest BCUT2D eigenvalue weighted by Crippen LogP contribution is -2.35. The van der Waals surface area contributed by atoms with Crippen molar-refractivity contribution in [2.75, 3.05) is 18.0 Å². The fourth-order valence-corrected chi connectivity index (χ4v) is 2.40. The summed E-state index contributed by atoms with van der Waals surface area (Å²) in [5.74, 6) is -0.683. The van der Waals surface area contributed by atoms with Gasteiger partial charge in [0.15, 0.2) is 0 Å². The summed E-state index contributed by atoms with van der Waals surface area (Å²) in [6, 6.07) is 10.3. The molecule has 118 valence electrons. The Labute approximate surface area is 144 Å². The van der Waals surface area contributed by atoms with Crippen molar-refractivity contribution >= 4 is 47.2 Å². The molecule has 2 aromatic carbocycles. The van der Waals surface area contributed by atoms with Crippen molar-refractivity contribution in [1.29, 1.82) is 0 Å². The first-order valence-electron chi connectivity index (χ1n) is 6.25. The fraction of sp³-hybridized carbons (Fsp3) is 0.133. The molecule has 0 spiro atoms. The van der Waals surface area contributed by atoms with Gasteiger partial charge in [0.25, 0.3) is 5.91 Å². The number of carbonyl (C=O) groups is 1. The highest BCUT2D eigenvalue weighted by atomic mass is 35.5. The van der Waals surface area contributed by atoms with Crippen molar-refractivity contribution in [3.63, 3.8) is 0 Å². The second-order valence-electron chi connectivity index (χ2n) is 4.35. The Hall–Kier alpha value is -1.33. The van der Waals surface area contributed by atoms with Crippen LogP contribution in [0.5, 0.6) is 0 Å². The molecular weight excluding hydrogens is 350 g/mol. The molecule has 0 atom stereocenters. The molecule has 0 aliphatic heterocycles. The monoisotopic (exact) mass is 362 g/mol. The number of rotatable bonds is 4. The topological polar surface area (TPSA) is 46.3 Å². The zero-order chi connectivity index (χ0) is 15.4. The Balaban J connectivity index is 0.00000242. The standard InChI is InChI=1S/C15H13Cl2FN2O.ClH/c16-10-1-6-13(14(17)9-10)15(21)20(8-7-19)12-4-2-11(18)3-5-12;/h1-6,9H,7-8,19H2;1H.